The monoisotopic (exact) mass is 1470 g/mol. The van der Waals surface area contributed by atoms with Gasteiger partial charge in [0, 0.05) is 38.4 Å². The number of ether oxygens (including phenoxy) is 5. The second kappa shape index (κ2) is 38.4. The highest BCUT2D eigenvalue weighted by molar-refractivity contribution is 7.86. The van der Waals surface area contributed by atoms with E-state index in [2.05, 4.69) is 145 Å². The summed E-state index contributed by atoms with van der Waals surface area (Å²) in [5, 5.41) is 7.08. The topological polar surface area (TPSA) is 224 Å². The van der Waals surface area contributed by atoms with Crippen molar-refractivity contribution in [2.45, 2.75) is 114 Å². The molecule has 19 heteroatoms. The molecule has 11 aromatic carbocycles. The molecule has 1 aromatic heterocycles. The molecule has 0 saturated carbocycles. The molecule has 12 rings (SSSR count). The zero-order valence-electron chi connectivity index (χ0n) is 59.7. The number of benzene rings is 11. The molecule has 0 bridgehead atoms. The van der Waals surface area contributed by atoms with Crippen LogP contribution in [-0.4, -0.2) is 64.1 Å². The van der Waals surface area contributed by atoms with E-state index in [0.29, 0.717) is 57.0 Å². The van der Waals surface area contributed by atoms with Crippen LogP contribution in [0.5, 0.6) is 28.7 Å². The van der Waals surface area contributed by atoms with Gasteiger partial charge in [0.1, 0.15) is 55.5 Å². The molecular formula is C85H87NO14S4. The Balaban J connectivity index is 0.000000170. The predicted molar refractivity (Wildman–Crippen MR) is 419 cm³/mol. The smallest absolute Gasteiger partial charge is 0.349 e. The molecule has 15 nitrogen and oxygen atoms in total. The van der Waals surface area contributed by atoms with Crippen LogP contribution in [0.3, 0.4) is 0 Å². The van der Waals surface area contributed by atoms with Gasteiger partial charge < -0.3 is 38.1 Å². The summed E-state index contributed by atoms with van der Waals surface area (Å²) in [4.78, 5) is 37.9. The molecule has 0 aliphatic rings. The lowest BCUT2D eigenvalue weighted by Crippen LogP contribution is -2.19. The molecule has 104 heavy (non-hydrogen) atoms. The molecule has 0 aliphatic carbocycles. The summed E-state index contributed by atoms with van der Waals surface area (Å²) >= 11 is 3.37. The van der Waals surface area contributed by atoms with Crippen LogP contribution < -0.4 is 29.0 Å². The van der Waals surface area contributed by atoms with Gasteiger partial charge >= 0.3 is 17.9 Å². The fraction of sp³-hybridized carbons (Fsp3) is 0.212. The number of methoxy groups -OCH3 is 1. The molecule has 1 heterocycles. The molecule has 540 valence electrons. The molecule has 0 radical (unpaired) electrons. The van der Waals surface area contributed by atoms with Crippen molar-refractivity contribution in [3.63, 3.8) is 0 Å². The quantitative estimate of drug-likeness (QED) is 0.0306. The lowest BCUT2D eigenvalue weighted by Gasteiger charge is -2.13. The predicted octanol–water partition coefficient (Wildman–Crippen LogP) is 19.5. The lowest BCUT2D eigenvalue weighted by atomic mass is 9.99. The highest BCUT2D eigenvalue weighted by Crippen LogP contribution is 2.48. The van der Waals surface area contributed by atoms with Gasteiger partial charge in [-0.15, -0.1) is 0 Å². The van der Waals surface area contributed by atoms with Gasteiger partial charge in [0.2, 0.25) is 0 Å². The van der Waals surface area contributed by atoms with Crippen molar-refractivity contribution in [2.75, 3.05) is 25.6 Å². The SMILES string of the molecule is CCC(C)c1ccc(OC(=O)CNc2cccc3cc(S(=O)(=O)[O-])ccc23)cc1.CCC(C)c1cccc(OC(=O)c2ccccc2C)c1.CCC(C)c1cccc(OCC(=O)Oc2ccc(S(=O)(=O)[O-])cc2)c1.CCc1ccc(-[s+]2c3ccccc3c3ccccc32)cc1.COc1cccc([SH2+])c1. The molecule has 1 N–H and O–H groups in total. The normalized spacial score (nSPS) is 11.8. The van der Waals surface area contributed by atoms with E-state index in [1.807, 2.05) is 97.9 Å². The maximum absolute atomic E-state index is 12.2. The zero-order chi connectivity index (χ0) is 74.9. The number of carbonyl (C=O) groups is 3. The molecule has 0 aliphatic heterocycles. The van der Waals surface area contributed by atoms with Gasteiger partial charge in [-0.1, -0.05) is 164 Å². The van der Waals surface area contributed by atoms with Crippen molar-refractivity contribution in [2.24, 2.45) is 0 Å². The standard InChI is InChI=1S/C22H23NO5S.C20H17S.C18H20O6S.C18H20O2.C7H8OS/c1-3-15(2)16-7-9-18(10-8-16)28-22(24)14-23-21-6-4-5-17-13-19(29(25,26)27)11-12-20(17)21;1-2-15-11-13-16(14-12-15)21-19-9-5-3-7-17(19)18-8-4-6-10-20(18)21;1-3-13(2)14-5-4-6-16(11-14)23-12-18(19)24-15-7-9-17(10-8-15)25(20,21)22;1-4-13(2)15-9-7-10-16(12-15)20-18(19)17-11-6-5-8-14(17)3;1-8-6-3-2-4-7(9)5-6/h4-13,15,23H,3,14H2,1-2H3,(H,25,26,27);3-14H,2H2,1H3;4-11,13H,3,12H2,1-2H3,(H,20,21,22);5-13H,4H2,1-3H3;2-5,9H,1H3/q;+1;;;/p-1. The van der Waals surface area contributed by atoms with Crippen molar-refractivity contribution >= 4 is 97.9 Å². The maximum Gasteiger partial charge on any atom is 0.349 e. The summed E-state index contributed by atoms with van der Waals surface area (Å²) in [5.74, 6) is 2.60. The van der Waals surface area contributed by atoms with E-state index < -0.39 is 32.2 Å². The Morgan fingerprint density at radius 1 is 0.471 bits per heavy atom. The Hall–Kier alpha value is -10.1. The first-order chi connectivity index (χ1) is 49.9. The molecule has 3 unspecified atom stereocenters. The van der Waals surface area contributed by atoms with Gasteiger partial charge in [-0.2, -0.15) is 0 Å². The number of thiophene rings is 1. The van der Waals surface area contributed by atoms with Crippen molar-refractivity contribution in [1.82, 2.24) is 0 Å². The number of nitrogens with one attached hydrogen (secondary N) is 1. The first kappa shape index (κ1) is 79.6. The number of esters is 3. The van der Waals surface area contributed by atoms with Crippen LogP contribution in [0.1, 0.15) is 124 Å². The second-order valence-electron chi connectivity index (χ2n) is 24.5. The van der Waals surface area contributed by atoms with Crippen LogP contribution in [0.25, 0.3) is 35.8 Å². The summed E-state index contributed by atoms with van der Waals surface area (Å²) in [6, 6.07) is 78.7. The third-order valence-electron chi connectivity index (χ3n) is 17.4. The number of anilines is 1. The minimum atomic E-state index is -4.52. The third-order valence-corrected chi connectivity index (χ3v) is 21.7. The Morgan fingerprint density at radius 3 is 1.54 bits per heavy atom. The van der Waals surface area contributed by atoms with Gasteiger partial charge in [0.25, 0.3) is 0 Å². The van der Waals surface area contributed by atoms with Crippen LogP contribution in [0.2, 0.25) is 0 Å². The largest absolute Gasteiger partial charge is 0.744 e. The minimum absolute atomic E-state index is 0.0492. The van der Waals surface area contributed by atoms with Crippen LogP contribution in [-0.2, 0) is 48.9 Å². The van der Waals surface area contributed by atoms with Crippen molar-refractivity contribution < 1.29 is 64.0 Å². The van der Waals surface area contributed by atoms with Crippen molar-refractivity contribution in [1.29, 1.82) is 0 Å². The summed E-state index contributed by atoms with van der Waals surface area (Å²) in [6.07, 6.45) is 4.20. The van der Waals surface area contributed by atoms with Crippen LogP contribution >= 0.6 is 10.5 Å². The van der Waals surface area contributed by atoms with Crippen LogP contribution in [0, 0.1) is 6.92 Å². The van der Waals surface area contributed by atoms with Gasteiger partial charge in [-0.05, 0) is 230 Å². The average molecular weight is 1470 g/mol. The van der Waals surface area contributed by atoms with Crippen molar-refractivity contribution in [3.8, 4) is 33.6 Å². The van der Waals surface area contributed by atoms with E-state index in [0.717, 1.165) is 59.6 Å². The molecule has 0 saturated heterocycles. The van der Waals surface area contributed by atoms with Crippen LogP contribution in [0.4, 0.5) is 5.69 Å². The highest BCUT2D eigenvalue weighted by atomic mass is 32.2. The number of carbonyl (C=O) groups excluding carboxylic acids is 3. The number of hydrogen-bond donors (Lipinski definition) is 1. The van der Waals surface area contributed by atoms with Crippen LogP contribution in [0.15, 0.2) is 269 Å². The average Bonchev–Trinajstić information content (AvgIpc) is 1.59. The Bertz CT molecular complexity index is 5030. The molecule has 0 fully saturated rings. The number of rotatable bonds is 21. The number of fused-ring (bicyclic) bond motifs is 4. The summed E-state index contributed by atoms with van der Waals surface area (Å²) in [5.41, 5.74) is 7.10. The first-order valence-corrected chi connectivity index (χ1v) is 38.7. The lowest BCUT2D eigenvalue weighted by molar-refractivity contribution is -0.136. The molecular weight excluding hydrogens is 1390 g/mol. The minimum Gasteiger partial charge on any atom is -0.744 e. The summed E-state index contributed by atoms with van der Waals surface area (Å²) in [7, 11) is -7.34. The van der Waals surface area contributed by atoms with E-state index in [1.165, 1.54) is 66.0 Å². The van der Waals surface area contributed by atoms with E-state index in [9.17, 15) is 40.3 Å². The first-order valence-electron chi connectivity index (χ1n) is 34.2. The van der Waals surface area contributed by atoms with Crippen molar-refractivity contribution in [3.05, 3.63) is 288 Å². The van der Waals surface area contributed by atoms with Gasteiger partial charge in [0.05, 0.1) is 22.5 Å². The van der Waals surface area contributed by atoms with E-state index in [1.54, 1.807) is 55.6 Å². The van der Waals surface area contributed by atoms with Gasteiger partial charge in [-0.3, -0.25) is 0 Å². The summed E-state index contributed by atoms with van der Waals surface area (Å²) in [6.45, 7) is 16.6. The maximum atomic E-state index is 12.2. The summed E-state index contributed by atoms with van der Waals surface area (Å²) < 4.78 is 95.3. The van der Waals surface area contributed by atoms with Gasteiger partial charge in [0.15, 0.2) is 25.8 Å². The highest BCUT2D eigenvalue weighted by Gasteiger charge is 2.23. The number of aryl methyl sites for hydroxylation is 2. The Kier molecular flexibility index (Phi) is 29.4. The van der Waals surface area contributed by atoms with Gasteiger partial charge in [-0.25, -0.2) is 31.2 Å². The number of hydrogen-bond acceptors (Lipinski definition) is 15. The fourth-order valence-electron chi connectivity index (χ4n) is 10.8. The van der Waals surface area contributed by atoms with E-state index in [4.69, 9.17) is 23.7 Å². The molecule has 12 aromatic rings. The molecule has 0 spiro atoms. The third kappa shape index (κ3) is 22.9. The Morgan fingerprint density at radius 2 is 0.981 bits per heavy atom. The van der Waals surface area contributed by atoms with E-state index >= 15 is 0 Å². The molecule has 0 amide bonds. The molecule has 3 atom stereocenters. The van der Waals surface area contributed by atoms with E-state index in [-0.39, 0.29) is 45.1 Å². The second-order valence-corrected chi connectivity index (χ2v) is 29.8. The zero-order valence-corrected chi connectivity index (χ0v) is 63.1. The Labute approximate surface area is 618 Å². The fourth-order valence-corrected chi connectivity index (χ4v) is 14.4.